The first-order chi connectivity index (χ1) is 9.21. The normalized spacial score (nSPS) is 24.8. The molecule has 0 saturated carbocycles. The first kappa shape index (κ1) is 15.2. The van der Waals surface area contributed by atoms with E-state index in [1.807, 2.05) is 5.38 Å². The van der Waals surface area contributed by atoms with Gasteiger partial charge in [-0.05, 0) is 19.9 Å². The van der Waals surface area contributed by atoms with E-state index in [1.54, 1.807) is 11.3 Å². The van der Waals surface area contributed by atoms with E-state index in [9.17, 15) is 5.11 Å². The minimum Gasteiger partial charge on any atom is -0.394 e. The third-order valence-electron chi connectivity index (χ3n) is 3.21. The number of aryl methyl sites for hydroxylation is 1. The largest absolute Gasteiger partial charge is 0.394 e. The zero-order valence-electron chi connectivity index (χ0n) is 11.2. The Morgan fingerprint density at radius 1 is 1.58 bits per heavy atom. The van der Waals surface area contributed by atoms with Gasteiger partial charge in [-0.3, -0.25) is 4.90 Å². The van der Waals surface area contributed by atoms with Crippen LogP contribution in [0.4, 0.5) is 0 Å². The molecule has 6 heteroatoms. The number of aliphatic hydroxyl groups excluding tert-OH is 1. The average molecular weight is 305 g/mol. The second-order valence-corrected chi connectivity index (χ2v) is 6.19. The van der Waals surface area contributed by atoms with E-state index in [0.29, 0.717) is 5.88 Å². The highest BCUT2D eigenvalue weighted by molar-refractivity contribution is 7.09. The van der Waals surface area contributed by atoms with Gasteiger partial charge in [-0.15, -0.1) is 22.9 Å². The van der Waals surface area contributed by atoms with Gasteiger partial charge in [-0.25, -0.2) is 4.98 Å². The fourth-order valence-electron chi connectivity index (χ4n) is 2.40. The Bertz CT molecular complexity index is 388. The van der Waals surface area contributed by atoms with Crippen LogP contribution in [0.1, 0.15) is 24.0 Å². The number of nitrogens with zero attached hydrogens (tertiary/aromatic N) is 2. The molecule has 1 saturated heterocycles. The van der Waals surface area contributed by atoms with Crippen molar-refractivity contribution in [3.8, 4) is 0 Å². The maximum Gasteiger partial charge on any atom is 0.0936 e. The van der Waals surface area contributed by atoms with Crippen LogP contribution in [0.15, 0.2) is 5.38 Å². The summed E-state index contributed by atoms with van der Waals surface area (Å²) in [4.78, 5) is 6.83. The lowest BCUT2D eigenvalue weighted by Crippen LogP contribution is -2.48. The Morgan fingerprint density at radius 2 is 2.42 bits per heavy atom. The van der Waals surface area contributed by atoms with Crippen molar-refractivity contribution in [1.82, 2.24) is 9.88 Å². The van der Waals surface area contributed by atoms with Gasteiger partial charge in [0.25, 0.3) is 0 Å². The molecule has 2 unspecified atom stereocenters. The van der Waals surface area contributed by atoms with Gasteiger partial charge in [-0.1, -0.05) is 0 Å². The lowest BCUT2D eigenvalue weighted by atomic mass is 10.2. The predicted molar refractivity (Wildman–Crippen MR) is 77.9 cm³/mol. The molecule has 1 fully saturated rings. The molecular weight excluding hydrogens is 284 g/mol. The first-order valence-corrected chi connectivity index (χ1v) is 8.10. The maximum atomic E-state index is 9.19. The molecule has 2 rings (SSSR count). The summed E-state index contributed by atoms with van der Waals surface area (Å²) in [6.07, 6.45) is 2.25. The summed E-state index contributed by atoms with van der Waals surface area (Å²) in [5, 5.41) is 12.4. The quantitative estimate of drug-likeness (QED) is 0.815. The molecular formula is C13H21ClN2O2S. The van der Waals surface area contributed by atoms with Crippen molar-refractivity contribution in [2.24, 2.45) is 0 Å². The van der Waals surface area contributed by atoms with Crippen LogP contribution in [0.5, 0.6) is 0 Å². The van der Waals surface area contributed by atoms with Crippen LogP contribution in [0.3, 0.4) is 0 Å². The Balaban J connectivity index is 1.72. The number of aromatic nitrogens is 1. The zero-order chi connectivity index (χ0) is 13.7. The van der Waals surface area contributed by atoms with Crippen molar-refractivity contribution in [3.05, 3.63) is 16.1 Å². The van der Waals surface area contributed by atoms with E-state index in [-0.39, 0.29) is 18.8 Å². The molecule has 0 radical (unpaired) electrons. The predicted octanol–water partition coefficient (Wildman–Crippen LogP) is 1.90. The number of aliphatic hydroxyl groups is 1. The summed E-state index contributed by atoms with van der Waals surface area (Å²) in [7, 11) is 0. The summed E-state index contributed by atoms with van der Waals surface area (Å²) in [5.74, 6) is 0.496. The number of rotatable bonds is 6. The standard InChI is InChI=1S/C13H21ClN2O2S/c1-10-6-16(7-12(8-17)18-10)4-2-3-13-15-11(5-14)9-19-13/h9-10,12,17H,2-8H2,1H3. The van der Waals surface area contributed by atoms with Crippen LogP contribution >= 0.6 is 22.9 Å². The molecule has 0 amide bonds. The second-order valence-electron chi connectivity index (χ2n) is 4.98. The number of ether oxygens (including phenoxy) is 1. The van der Waals surface area contributed by atoms with Crippen LogP contribution < -0.4 is 0 Å². The molecule has 19 heavy (non-hydrogen) atoms. The Morgan fingerprint density at radius 3 is 3.11 bits per heavy atom. The van der Waals surface area contributed by atoms with Crippen LogP contribution in [0.25, 0.3) is 0 Å². The van der Waals surface area contributed by atoms with E-state index < -0.39 is 0 Å². The third kappa shape index (κ3) is 4.68. The molecule has 0 spiro atoms. The molecule has 108 valence electrons. The van der Waals surface area contributed by atoms with Gasteiger partial charge in [0.1, 0.15) is 0 Å². The third-order valence-corrected chi connectivity index (χ3v) is 4.44. The van der Waals surface area contributed by atoms with Crippen molar-refractivity contribution in [3.63, 3.8) is 0 Å². The summed E-state index contributed by atoms with van der Waals surface area (Å²) in [6, 6.07) is 0. The smallest absolute Gasteiger partial charge is 0.0936 e. The molecule has 1 aliphatic heterocycles. The molecule has 4 nitrogen and oxygen atoms in total. The molecule has 1 aliphatic rings. The van der Waals surface area contributed by atoms with Crippen LogP contribution in [0, 0.1) is 0 Å². The molecule has 0 aliphatic carbocycles. The SMILES string of the molecule is CC1CN(CCCc2nc(CCl)cs2)CC(CO)O1. The minimum atomic E-state index is -0.0357. The van der Waals surface area contributed by atoms with Crippen LogP contribution in [-0.2, 0) is 17.0 Å². The fourth-order valence-corrected chi connectivity index (χ4v) is 3.47. The Labute approximate surface area is 123 Å². The van der Waals surface area contributed by atoms with Crippen molar-refractivity contribution in [2.75, 3.05) is 26.2 Å². The van der Waals surface area contributed by atoms with Crippen LogP contribution in [-0.4, -0.2) is 53.4 Å². The van der Waals surface area contributed by atoms with E-state index in [0.717, 1.165) is 43.2 Å². The Hall–Kier alpha value is -0.200. The number of hydrogen-bond acceptors (Lipinski definition) is 5. The zero-order valence-corrected chi connectivity index (χ0v) is 12.8. The summed E-state index contributed by atoms with van der Waals surface area (Å²) in [6.45, 7) is 4.96. The molecule has 1 aromatic rings. The van der Waals surface area contributed by atoms with E-state index >= 15 is 0 Å². The van der Waals surface area contributed by atoms with E-state index in [4.69, 9.17) is 16.3 Å². The number of alkyl halides is 1. The molecule has 0 aromatic carbocycles. The number of thiazole rings is 1. The fraction of sp³-hybridized carbons (Fsp3) is 0.769. The molecule has 2 heterocycles. The van der Waals surface area contributed by atoms with Gasteiger partial charge in [-0.2, -0.15) is 0 Å². The van der Waals surface area contributed by atoms with E-state index in [1.165, 1.54) is 0 Å². The summed E-state index contributed by atoms with van der Waals surface area (Å²) >= 11 is 7.43. The summed E-state index contributed by atoms with van der Waals surface area (Å²) < 4.78 is 5.63. The van der Waals surface area contributed by atoms with Crippen molar-refractivity contribution in [1.29, 1.82) is 0 Å². The molecule has 1 N–H and O–H groups in total. The summed E-state index contributed by atoms with van der Waals surface area (Å²) in [5.41, 5.74) is 0.974. The van der Waals surface area contributed by atoms with Crippen LogP contribution in [0.2, 0.25) is 0 Å². The average Bonchev–Trinajstić information content (AvgIpc) is 2.86. The van der Waals surface area contributed by atoms with Crippen molar-refractivity contribution < 1.29 is 9.84 Å². The lowest BCUT2D eigenvalue weighted by molar-refractivity contribution is -0.0951. The van der Waals surface area contributed by atoms with Crippen molar-refractivity contribution in [2.45, 2.75) is 37.9 Å². The first-order valence-electron chi connectivity index (χ1n) is 6.69. The highest BCUT2D eigenvalue weighted by Gasteiger charge is 2.24. The number of halogens is 1. The molecule has 2 atom stereocenters. The van der Waals surface area contributed by atoms with E-state index in [2.05, 4.69) is 16.8 Å². The van der Waals surface area contributed by atoms with Crippen molar-refractivity contribution >= 4 is 22.9 Å². The molecule has 0 bridgehead atoms. The van der Waals surface area contributed by atoms with Gasteiger partial charge < -0.3 is 9.84 Å². The highest BCUT2D eigenvalue weighted by atomic mass is 35.5. The lowest BCUT2D eigenvalue weighted by Gasteiger charge is -2.36. The Kier molecular flexibility index (Phi) is 6.04. The maximum absolute atomic E-state index is 9.19. The second kappa shape index (κ2) is 7.55. The van der Waals surface area contributed by atoms with Gasteiger partial charge in [0.15, 0.2) is 0 Å². The monoisotopic (exact) mass is 304 g/mol. The number of hydrogen-bond donors (Lipinski definition) is 1. The van der Waals surface area contributed by atoms with Gasteiger partial charge in [0, 0.05) is 24.9 Å². The topological polar surface area (TPSA) is 45.6 Å². The molecule has 1 aromatic heterocycles. The highest BCUT2D eigenvalue weighted by Crippen LogP contribution is 2.15. The van der Waals surface area contributed by atoms with Gasteiger partial charge in [0.2, 0.25) is 0 Å². The van der Waals surface area contributed by atoms with Gasteiger partial charge >= 0.3 is 0 Å². The minimum absolute atomic E-state index is 0.0357. The van der Waals surface area contributed by atoms with Gasteiger partial charge in [0.05, 0.1) is 35.4 Å². The number of morpholine rings is 1.